The molecule has 2 aromatic heterocycles. The van der Waals surface area contributed by atoms with Crippen LogP contribution in [-0.4, -0.2) is 17.6 Å². The van der Waals surface area contributed by atoms with Crippen LogP contribution < -0.4 is 19.6 Å². The third-order valence-corrected chi connectivity index (χ3v) is 4.46. The van der Waals surface area contributed by atoms with Gasteiger partial charge in [-0.2, -0.15) is 0 Å². The van der Waals surface area contributed by atoms with Gasteiger partial charge < -0.3 is 18.6 Å². The number of benzene rings is 2. The summed E-state index contributed by atoms with van der Waals surface area (Å²) in [6.07, 6.45) is 2.98. The number of aryl methyl sites for hydroxylation is 1. The number of aromatic nitrogens is 1. The third-order valence-electron chi connectivity index (χ3n) is 4.46. The molecule has 0 aliphatic heterocycles. The average Bonchev–Trinajstić information content (AvgIpc) is 2.78. The Labute approximate surface area is 177 Å². The van der Waals surface area contributed by atoms with Gasteiger partial charge in [0.05, 0.1) is 17.6 Å². The summed E-state index contributed by atoms with van der Waals surface area (Å²) in [4.78, 5) is 29.2. The third kappa shape index (κ3) is 4.25. The van der Waals surface area contributed by atoms with Crippen LogP contribution in [0.2, 0.25) is 0 Å². The van der Waals surface area contributed by atoms with Crippen LogP contribution in [0.1, 0.15) is 23.0 Å². The number of nitrogens with zero attached hydrogens (tertiary/aromatic N) is 1. The van der Waals surface area contributed by atoms with Crippen LogP contribution >= 0.6 is 0 Å². The zero-order chi connectivity index (χ0) is 21.8. The highest BCUT2D eigenvalue weighted by atomic mass is 16.5. The van der Waals surface area contributed by atoms with E-state index in [2.05, 4.69) is 4.98 Å². The van der Waals surface area contributed by atoms with Gasteiger partial charge in [0.2, 0.25) is 11.2 Å². The van der Waals surface area contributed by atoms with Crippen molar-refractivity contribution < 1.29 is 23.4 Å². The Morgan fingerprint density at radius 1 is 1.06 bits per heavy atom. The fraction of sp³-hybridized carbons (Fsp3) is 0.125. The van der Waals surface area contributed by atoms with E-state index in [9.17, 15) is 9.59 Å². The number of ether oxygens (including phenoxy) is 3. The fourth-order valence-corrected chi connectivity index (χ4v) is 3.02. The summed E-state index contributed by atoms with van der Waals surface area (Å²) in [5.74, 6) is 1.00. The second-order valence-corrected chi connectivity index (χ2v) is 6.59. The molecule has 0 aliphatic carbocycles. The van der Waals surface area contributed by atoms with Gasteiger partial charge in [0.1, 0.15) is 17.1 Å². The summed E-state index contributed by atoms with van der Waals surface area (Å²) in [6.45, 7) is 3.96. The smallest absolute Gasteiger partial charge is 0.345 e. The summed E-state index contributed by atoms with van der Waals surface area (Å²) >= 11 is 0. The Morgan fingerprint density at radius 2 is 1.87 bits per heavy atom. The molecule has 0 saturated carbocycles. The summed E-state index contributed by atoms with van der Waals surface area (Å²) in [5.41, 5.74) is 0.261. The van der Waals surface area contributed by atoms with Crippen LogP contribution in [0.3, 0.4) is 0 Å². The van der Waals surface area contributed by atoms with Gasteiger partial charge in [-0.15, -0.1) is 0 Å². The lowest BCUT2D eigenvalue weighted by atomic mass is 10.2. The van der Waals surface area contributed by atoms with Gasteiger partial charge in [0.25, 0.3) is 0 Å². The first-order valence-electron chi connectivity index (χ1n) is 9.66. The topological polar surface area (TPSA) is 87.9 Å². The summed E-state index contributed by atoms with van der Waals surface area (Å²) in [5, 5.41) is 0.302. The minimum absolute atomic E-state index is 0.0692. The van der Waals surface area contributed by atoms with Crippen LogP contribution in [0.15, 0.2) is 76.2 Å². The molecule has 0 N–H and O–H groups in total. The monoisotopic (exact) mass is 417 g/mol. The van der Waals surface area contributed by atoms with Crippen molar-refractivity contribution in [1.29, 1.82) is 0 Å². The maximum atomic E-state index is 13.0. The van der Waals surface area contributed by atoms with Gasteiger partial charge in [-0.1, -0.05) is 12.1 Å². The van der Waals surface area contributed by atoms with Crippen molar-refractivity contribution in [1.82, 2.24) is 4.98 Å². The molecule has 0 spiro atoms. The number of hydrogen-bond donors (Lipinski definition) is 0. The molecule has 0 unspecified atom stereocenters. The van der Waals surface area contributed by atoms with Gasteiger partial charge in [-0.3, -0.25) is 9.78 Å². The Kier molecular flexibility index (Phi) is 5.66. The number of rotatable bonds is 6. The zero-order valence-electron chi connectivity index (χ0n) is 17.0. The van der Waals surface area contributed by atoms with Crippen molar-refractivity contribution in [3.8, 4) is 23.0 Å². The van der Waals surface area contributed by atoms with E-state index in [-0.39, 0.29) is 22.5 Å². The molecule has 0 aliphatic rings. The van der Waals surface area contributed by atoms with Gasteiger partial charge in [0, 0.05) is 18.5 Å². The number of esters is 1. The lowest BCUT2D eigenvalue weighted by molar-refractivity contribution is 0.0734. The van der Waals surface area contributed by atoms with Gasteiger partial charge in [0.15, 0.2) is 11.5 Å². The van der Waals surface area contributed by atoms with Crippen LogP contribution in [0.25, 0.3) is 11.0 Å². The van der Waals surface area contributed by atoms with Crippen molar-refractivity contribution in [2.45, 2.75) is 13.8 Å². The van der Waals surface area contributed by atoms with Crippen LogP contribution in [-0.2, 0) is 0 Å². The molecule has 0 atom stereocenters. The summed E-state index contributed by atoms with van der Waals surface area (Å²) in [6, 6.07) is 14.9. The van der Waals surface area contributed by atoms with E-state index in [1.165, 1.54) is 24.4 Å². The molecular formula is C24H19NO6. The SMILES string of the molecule is CCOc1ccccc1Oc1c(C)oc2cc(OC(=O)c3cccnc3)ccc2c1=O. The minimum atomic E-state index is -0.556. The van der Waals surface area contributed by atoms with Crippen molar-refractivity contribution in [2.75, 3.05) is 6.61 Å². The molecule has 156 valence electrons. The van der Waals surface area contributed by atoms with Crippen LogP contribution in [0.5, 0.6) is 23.0 Å². The minimum Gasteiger partial charge on any atom is -0.490 e. The van der Waals surface area contributed by atoms with E-state index in [4.69, 9.17) is 18.6 Å². The quantitative estimate of drug-likeness (QED) is 0.325. The van der Waals surface area contributed by atoms with Gasteiger partial charge in [-0.25, -0.2) is 4.79 Å². The number of fused-ring (bicyclic) bond motifs is 1. The maximum absolute atomic E-state index is 13.0. The Hall–Kier alpha value is -4.13. The standard InChI is InChI=1S/C24H19NO6/c1-3-28-19-8-4-5-9-20(19)31-23-15(2)29-21-13-17(10-11-18(21)22(23)26)30-24(27)16-7-6-12-25-14-16/h4-14H,3H2,1-2H3. The van der Waals surface area contributed by atoms with E-state index in [1.54, 1.807) is 43.5 Å². The van der Waals surface area contributed by atoms with Crippen molar-refractivity contribution in [3.63, 3.8) is 0 Å². The molecule has 7 heteroatoms. The highest BCUT2D eigenvalue weighted by Crippen LogP contribution is 2.33. The van der Waals surface area contributed by atoms with Crippen molar-refractivity contribution in [2.24, 2.45) is 0 Å². The van der Waals surface area contributed by atoms with Crippen LogP contribution in [0, 0.1) is 6.92 Å². The highest BCUT2D eigenvalue weighted by Gasteiger charge is 2.17. The number of para-hydroxylation sites is 2. The van der Waals surface area contributed by atoms with Crippen LogP contribution in [0.4, 0.5) is 0 Å². The van der Waals surface area contributed by atoms with E-state index in [0.717, 1.165) is 0 Å². The second kappa shape index (κ2) is 8.71. The number of carbonyl (C=O) groups excluding carboxylic acids is 1. The molecule has 2 heterocycles. The Balaban J connectivity index is 1.66. The van der Waals surface area contributed by atoms with Gasteiger partial charge >= 0.3 is 5.97 Å². The second-order valence-electron chi connectivity index (χ2n) is 6.59. The molecule has 31 heavy (non-hydrogen) atoms. The van der Waals surface area contributed by atoms with E-state index < -0.39 is 5.97 Å². The molecule has 4 rings (SSSR count). The van der Waals surface area contributed by atoms with E-state index in [0.29, 0.717) is 34.8 Å². The molecule has 2 aromatic carbocycles. The first-order valence-corrected chi connectivity index (χ1v) is 9.66. The Bertz CT molecular complexity index is 1300. The maximum Gasteiger partial charge on any atom is 0.345 e. The summed E-state index contributed by atoms with van der Waals surface area (Å²) in [7, 11) is 0. The largest absolute Gasteiger partial charge is 0.490 e. The predicted octanol–water partition coefficient (Wildman–Crippen LogP) is 4.91. The fourth-order valence-electron chi connectivity index (χ4n) is 3.02. The first kappa shape index (κ1) is 20.2. The normalized spacial score (nSPS) is 10.6. The van der Waals surface area contributed by atoms with E-state index >= 15 is 0 Å². The zero-order valence-corrected chi connectivity index (χ0v) is 17.0. The number of hydrogen-bond acceptors (Lipinski definition) is 7. The average molecular weight is 417 g/mol. The molecule has 0 bridgehead atoms. The summed E-state index contributed by atoms with van der Waals surface area (Å²) < 4.78 is 22.6. The number of carbonyl (C=O) groups is 1. The molecular weight excluding hydrogens is 398 g/mol. The molecule has 4 aromatic rings. The molecule has 0 saturated heterocycles. The molecule has 0 fully saturated rings. The van der Waals surface area contributed by atoms with Crippen molar-refractivity contribution >= 4 is 16.9 Å². The predicted molar refractivity (Wildman–Crippen MR) is 114 cm³/mol. The highest BCUT2D eigenvalue weighted by molar-refractivity contribution is 5.91. The molecule has 7 nitrogen and oxygen atoms in total. The number of pyridine rings is 1. The lowest BCUT2D eigenvalue weighted by Crippen LogP contribution is -2.10. The van der Waals surface area contributed by atoms with Crippen molar-refractivity contribution in [3.05, 3.63) is 88.5 Å². The van der Waals surface area contributed by atoms with Gasteiger partial charge in [-0.05, 0) is 50.2 Å². The lowest BCUT2D eigenvalue weighted by Gasteiger charge is -2.13. The van der Waals surface area contributed by atoms with E-state index in [1.807, 2.05) is 13.0 Å². The molecule has 0 amide bonds. The Morgan fingerprint density at radius 3 is 2.61 bits per heavy atom. The first-order chi connectivity index (χ1) is 15.1. The molecule has 0 radical (unpaired) electrons.